The molecule has 0 aromatic heterocycles. The van der Waals surface area contributed by atoms with E-state index in [-0.39, 0.29) is 18.8 Å². The van der Waals surface area contributed by atoms with Gasteiger partial charge in [-0.25, -0.2) is 0 Å². The summed E-state index contributed by atoms with van der Waals surface area (Å²) in [7, 11) is 0. The lowest BCUT2D eigenvalue weighted by Gasteiger charge is -2.18. The summed E-state index contributed by atoms with van der Waals surface area (Å²) < 4.78 is 11.4. The van der Waals surface area contributed by atoms with Crippen LogP contribution in [0.5, 0.6) is 5.75 Å². The zero-order valence-electron chi connectivity index (χ0n) is 14.1. The molecule has 1 heterocycles. The first kappa shape index (κ1) is 16.8. The molecule has 4 heteroatoms. The smallest absolute Gasteiger partial charge is 0.121 e. The molecule has 0 amide bonds. The van der Waals surface area contributed by atoms with Crippen LogP contribution in [0.4, 0.5) is 5.69 Å². The summed E-state index contributed by atoms with van der Waals surface area (Å²) in [6, 6.07) is 16.1. The van der Waals surface area contributed by atoms with Crippen LogP contribution in [0.15, 0.2) is 48.5 Å². The molecule has 0 radical (unpaired) electrons. The minimum absolute atomic E-state index is 0.0626. The summed E-state index contributed by atoms with van der Waals surface area (Å²) in [5.41, 5.74) is 3.09. The van der Waals surface area contributed by atoms with E-state index < -0.39 is 0 Å². The Bertz CT molecular complexity index is 653. The zero-order chi connectivity index (χ0) is 16.8. The van der Waals surface area contributed by atoms with Gasteiger partial charge in [0.1, 0.15) is 12.4 Å². The van der Waals surface area contributed by atoms with Gasteiger partial charge in [-0.2, -0.15) is 0 Å². The predicted octanol–water partition coefficient (Wildman–Crippen LogP) is 3.91. The molecule has 2 N–H and O–H groups in total. The van der Waals surface area contributed by atoms with Crippen molar-refractivity contribution in [3.05, 3.63) is 59.7 Å². The topological polar surface area (TPSA) is 50.7 Å². The molecule has 3 rings (SSSR count). The summed E-state index contributed by atoms with van der Waals surface area (Å²) in [6.45, 7) is 3.63. The minimum atomic E-state index is 0.0626. The minimum Gasteiger partial charge on any atom is -0.491 e. The van der Waals surface area contributed by atoms with Crippen LogP contribution in [0.25, 0.3) is 0 Å². The van der Waals surface area contributed by atoms with Gasteiger partial charge in [-0.3, -0.25) is 0 Å². The van der Waals surface area contributed by atoms with Crippen LogP contribution in [0, 0.1) is 0 Å². The molecule has 2 unspecified atom stereocenters. The van der Waals surface area contributed by atoms with Gasteiger partial charge in [0.25, 0.3) is 0 Å². The average Bonchev–Trinajstić information content (AvgIpc) is 3.14. The van der Waals surface area contributed by atoms with Crippen molar-refractivity contribution in [2.75, 3.05) is 18.5 Å². The second-order valence-electron chi connectivity index (χ2n) is 6.24. The molecule has 0 bridgehead atoms. The SMILES string of the molecule is CC(Nc1cccc(OCC2CCCO2)c1)c1cccc(CO)c1. The van der Waals surface area contributed by atoms with Crippen molar-refractivity contribution in [3.63, 3.8) is 0 Å². The monoisotopic (exact) mass is 327 g/mol. The second-order valence-corrected chi connectivity index (χ2v) is 6.24. The highest BCUT2D eigenvalue weighted by molar-refractivity contribution is 5.50. The Morgan fingerprint density at radius 2 is 2.12 bits per heavy atom. The zero-order valence-corrected chi connectivity index (χ0v) is 14.1. The average molecular weight is 327 g/mol. The van der Waals surface area contributed by atoms with E-state index in [4.69, 9.17) is 9.47 Å². The fraction of sp³-hybridized carbons (Fsp3) is 0.400. The third-order valence-corrected chi connectivity index (χ3v) is 4.31. The number of hydrogen-bond donors (Lipinski definition) is 2. The number of anilines is 1. The summed E-state index contributed by atoms with van der Waals surface area (Å²) >= 11 is 0. The fourth-order valence-electron chi connectivity index (χ4n) is 2.93. The predicted molar refractivity (Wildman–Crippen MR) is 95.3 cm³/mol. The van der Waals surface area contributed by atoms with Gasteiger partial charge < -0.3 is 19.9 Å². The molecule has 24 heavy (non-hydrogen) atoms. The van der Waals surface area contributed by atoms with E-state index in [1.807, 2.05) is 42.5 Å². The van der Waals surface area contributed by atoms with Crippen LogP contribution in [-0.4, -0.2) is 24.4 Å². The third kappa shape index (κ3) is 4.49. The molecule has 0 spiro atoms. The Morgan fingerprint density at radius 1 is 1.25 bits per heavy atom. The van der Waals surface area contributed by atoms with Gasteiger partial charge in [-0.05, 0) is 43.0 Å². The fourth-order valence-corrected chi connectivity index (χ4v) is 2.93. The number of nitrogens with one attached hydrogen (secondary N) is 1. The van der Waals surface area contributed by atoms with Crippen molar-refractivity contribution in [1.82, 2.24) is 0 Å². The molecule has 128 valence electrons. The highest BCUT2D eigenvalue weighted by Gasteiger charge is 2.16. The van der Waals surface area contributed by atoms with Crippen molar-refractivity contribution < 1.29 is 14.6 Å². The maximum atomic E-state index is 9.27. The molecule has 1 saturated heterocycles. The molecule has 1 aliphatic rings. The van der Waals surface area contributed by atoms with Crippen LogP contribution in [0.2, 0.25) is 0 Å². The molecule has 0 saturated carbocycles. The molecule has 0 aliphatic carbocycles. The molecule has 1 fully saturated rings. The largest absolute Gasteiger partial charge is 0.491 e. The van der Waals surface area contributed by atoms with Crippen LogP contribution in [-0.2, 0) is 11.3 Å². The number of rotatable bonds is 7. The van der Waals surface area contributed by atoms with Crippen LogP contribution in [0.1, 0.15) is 36.9 Å². The number of benzene rings is 2. The molecule has 2 aromatic carbocycles. The molecular formula is C20H25NO3. The lowest BCUT2D eigenvalue weighted by atomic mass is 10.1. The van der Waals surface area contributed by atoms with Gasteiger partial charge in [0.05, 0.1) is 12.7 Å². The molecule has 1 aliphatic heterocycles. The van der Waals surface area contributed by atoms with Gasteiger partial charge in [0, 0.05) is 24.4 Å². The summed E-state index contributed by atoms with van der Waals surface area (Å²) in [4.78, 5) is 0. The van der Waals surface area contributed by atoms with Crippen molar-refractivity contribution in [3.8, 4) is 5.75 Å². The van der Waals surface area contributed by atoms with E-state index in [1.54, 1.807) is 0 Å². The summed E-state index contributed by atoms with van der Waals surface area (Å²) in [6.07, 6.45) is 2.43. The van der Waals surface area contributed by atoms with Crippen LogP contribution >= 0.6 is 0 Å². The van der Waals surface area contributed by atoms with Gasteiger partial charge in [0.2, 0.25) is 0 Å². The van der Waals surface area contributed by atoms with E-state index in [0.29, 0.717) is 6.61 Å². The first-order valence-electron chi connectivity index (χ1n) is 8.55. The van der Waals surface area contributed by atoms with Crippen molar-refractivity contribution >= 4 is 5.69 Å². The highest BCUT2D eigenvalue weighted by Crippen LogP contribution is 2.24. The van der Waals surface area contributed by atoms with E-state index in [2.05, 4.69) is 18.3 Å². The Morgan fingerprint density at radius 3 is 2.92 bits per heavy atom. The third-order valence-electron chi connectivity index (χ3n) is 4.31. The summed E-state index contributed by atoms with van der Waals surface area (Å²) in [5, 5.41) is 12.8. The van der Waals surface area contributed by atoms with Crippen molar-refractivity contribution in [2.45, 2.75) is 38.5 Å². The van der Waals surface area contributed by atoms with E-state index in [0.717, 1.165) is 42.0 Å². The number of aliphatic hydroxyl groups is 1. The van der Waals surface area contributed by atoms with E-state index >= 15 is 0 Å². The lowest BCUT2D eigenvalue weighted by Crippen LogP contribution is -2.16. The maximum absolute atomic E-state index is 9.27. The molecule has 2 atom stereocenters. The van der Waals surface area contributed by atoms with E-state index in [9.17, 15) is 5.11 Å². The summed E-state index contributed by atoms with van der Waals surface area (Å²) in [5.74, 6) is 0.854. The van der Waals surface area contributed by atoms with Crippen molar-refractivity contribution in [2.24, 2.45) is 0 Å². The Balaban J connectivity index is 1.60. The van der Waals surface area contributed by atoms with Crippen LogP contribution in [0.3, 0.4) is 0 Å². The molecular weight excluding hydrogens is 302 g/mol. The number of aliphatic hydroxyl groups excluding tert-OH is 1. The highest BCUT2D eigenvalue weighted by atomic mass is 16.5. The van der Waals surface area contributed by atoms with Gasteiger partial charge in [0.15, 0.2) is 0 Å². The standard InChI is InChI=1S/C20H25NO3/c1-15(17-6-2-5-16(11-17)13-22)21-18-7-3-8-19(12-18)24-14-20-9-4-10-23-20/h2-3,5-8,11-12,15,20-22H,4,9-10,13-14H2,1H3. The molecule has 4 nitrogen and oxygen atoms in total. The molecule has 2 aromatic rings. The maximum Gasteiger partial charge on any atom is 0.121 e. The van der Waals surface area contributed by atoms with Gasteiger partial charge >= 0.3 is 0 Å². The number of ether oxygens (including phenoxy) is 2. The normalized spacial score (nSPS) is 18.3. The number of hydrogen-bond acceptors (Lipinski definition) is 4. The van der Waals surface area contributed by atoms with Crippen molar-refractivity contribution in [1.29, 1.82) is 0 Å². The Kier molecular flexibility index (Phi) is 5.72. The van der Waals surface area contributed by atoms with Gasteiger partial charge in [-0.15, -0.1) is 0 Å². The quantitative estimate of drug-likeness (QED) is 0.809. The van der Waals surface area contributed by atoms with Gasteiger partial charge in [-0.1, -0.05) is 30.3 Å². The lowest BCUT2D eigenvalue weighted by molar-refractivity contribution is 0.0680. The Labute approximate surface area is 143 Å². The van der Waals surface area contributed by atoms with Crippen LogP contribution < -0.4 is 10.1 Å². The first-order chi connectivity index (χ1) is 11.7. The second kappa shape index (κ2) is 8.18. The Hall–Kier alpha value is -2.04. The first-order valence-corrected chi connectivity index (χ1v) is 8.55. The van der Waals surface area contributed by atoms with E-state index in [1.165, 1.54) is 0 Å².